The maximum absolute atomic E-state index is 11.0. The van der Waals surface area contributed by atoms with E-state index < -0.39 is 0 Å². The zero-order valence-electron chi connectivity index (χ0n) is 7.45. The topological polar surface area (TPSA) is 26.3 Å². The van der Waals surface area contributed by atoms with Crippen LogP contribution in [0, 0.1) is 6.07 Å². The van der Waals surface area contributed by atoms with Gasteiger partial charge in [-0.3, -0.25) is 0 Å². The quantitative estimate of drug-likeness (QED) is 0.357. The van der Waals surface area contributed by atoms with Crippen LogP contribution in [0.15, 0.2) is 24.3 Å². The fraction of sp³-hybridized carbons (Fsp3) is 0.222. The van der Waals surface area contributed by atoms with Crippen LogP contribution < -0.4 is 0 Å². The van der Waals surface area contributed by atoms with Gasteiger partial charge < -0.3 is 4.74 Å². The number of rotatable bonds is 2. The Morgan fingerprint density at radius 2 is 2.00 bits per heavy atom. The number of hydrogen-bond donors (Lipinski definition) is 0. The molecule has 1 aromatic rings. The van der Waals surface area contributed by atoms with Crippen LogP contribution in [0.2, 0.25) is 0 Å². The average molecular weight is 342 g/mol. The molecule has 0 aliphatic carbocycles. The van der Waals surface area contributed by atoms with Crippen molar-refractivity contribution in [2.24, 2.45) is 0 Å². The predicted molar refractivity (Wildman–Crippen MR) is 56.6 cm³/mol. The Hall–Kier alpha value is 0.0434. The molecule has 0 aliphatic rings. The molecule has 0 atom stereocenters. The van der Waals surface area contributed by atoms with E-state index >= 15 is 0 Å². The van der Waals surface area contributed by atoms with Gasteiger partial charge in [0.1, 0.15) is 0 Å². The minimum Gasteiger partial charge on any atom is -0.464 e. The largest absolute Gasteiger partial charge is 0.464 e. The second-order valence-electron chi connectivity index (χ2n) is 2.01. The molecule has 0 fully saturated rings. The van der Waals surface area contributed by atoms with Gasteiger partial charge in [-0.2, -0.15) is 30.3 Å². The summed E-state index contributed by atoms with van der Waals surface area (Å²) in [5.41, 5.74) is 0.575. The van der Waals surface area contributed by atoms with E-state index in [4.69, 9.17) is 4.74 Å². The number of ether oxygens (including phenoxy) is 1. The molecule has 0 unspecified atom stereocenters. The zero-order chi connectivity index (χ0) is 8.10. The van der Waals surface area contributed by atoms with Gasteiger partial charge in [0.25, 0.3) is 0 Å². The Morgan fingerprint density at radius 3 is 2.46 bits per heavy atom. The molecule has 1 aromatic carbocycles. The summed E-state index contributed by atoms with van der Waals surface area (Å²) < 4.78 is 4.78. The van der Waals surface area contributed by atoms with Gasteiger partial charge in [-0.1, -0.05) is 0 Å². The SMILES string of the molecule is CCOC(=O)c1cc[c-]cc1.I.[Zn]. The van der Waals surface area contributed by atoms with E-state index in [1.54, 1.807) is 31.2 Å². The van der Waals surface area contributed by atoms with Crippen LogP contribution in [0.3, 0.4) is 0 Å². The van der Waals surface area contributed by atoms with Crippen molar-refractivity contribution < 1.29 is 29.0 Å². The fourth-order valence-electron chi connectivity index (χ4n) is 0.737. The second kappa shape index (κ2) is 8.63. The number of hydrogen-bond acceptors (Lipinski definition) is 2. The van der Waals surface area contributed by atoms with Crippen LogP contribution in [0.5, 0.6) is 0 Å². The number of carbonyl (C=O) groups excluding carboxylic acids is 1. The van der Waals surface area contributed by atoms with E-state index in [-0.39, 0.29) is 49.4 Å². The number of benzene rings is 1. The summed E-state index contributed by atoms with van der Waals surface area (Å²) in [5, 5.41) is 0. The summed E-state index contributed by atoms with van der Waals surface area (Å²) in [5.74, 6) is -0.276. The van der Waals surface area contributed by atoms with Crippen molar-refractivity contribution in [3.05, 3.63) is 35.9 Å². The van der Waals surface area contributed by atoms with Gasteiger partial charge in [-0.25, -0.2) is 4.79 Å². The van der Waals surface area contributed by atoms with E-state index in [0.717, 1.165) is 0 Å². The molecule has 0 N–H and O–H groups in total. The molecule has 13 heavy (non-hydrogen) atoms. The summed E-state index contributed by atoms with van der Waals surface area (Å²) in [7, 11) is 0. The molecule has 4 heteroatoms. The van der Waals surface area contributed by atoms with E-state index in [1.807, 2.05) is 0 Å². The molecule has 0 amide bonds. The minimum absolute atomic E-state index is 0. The Kier molecular flexibility index (Phi) is 10.3. The molecule has 0 bridgehead atoms. The van der Waals surface area contributed by atoms with Gasteiger partial charge >= 0.3 is 5.97 Å². The van der Waals surface area contributed by atoms with E-state index in [0.29, 0.717) is 12.2 Å². The molecule has 68 valence electrons. The summed E-state index contributed by atoms with van der Waals surface area (Å²) in [6.07, 6.45) is 0. The number of carbonyl (C=O) groups is 1. The molecule has 0 saturated heterocycles. The van der Waals surface area contributed by atoms with E-state index in [9.17, 15) is 4.79 Å². The molecule has 0 aromatic heterocycles. The Labute approximate surface area is 108 Å². The molecule has 0 spiro atoms. The van der Waals surface area contributed by atoms with Crippen molar-refractivity contribution in [1.82, 2.24) is 0 Å². The van der Waals surface area contributed by atoms with Crippen molar-refractivity contribution in [2.45, 2.75) is 6.92 Å². The third-order valence-corrected chi connectivity index (χ3v) is 1.23. The van der Waals surface area contributed by atoms with Gasteiger partial charge in [0, 0.05) is 19.5 Å². The van der Waals surface area contributed by atoms with E-state index in [2.05, 4.69) is 6.07 Å². The van der Waals surface area contributed by atoms with Gasteiger partial charge in [-0.15, -0.1) is 24.0 Å². The van der Waals surface area contributed by atoms with Crippen LogP contribution in [0.4, 0.5) is 0 Å². The zero-order valence-corrected chi connectivity index (χ0v) is 12.7. The van der Waals surface area contributed by atoms with Crippen molar-refractivity contribution in [3.63, 3.8) is 0 Å². The first-order valence-electron chi connectivity index (χ1n) is 3.48. The molecule has 2 nitrogen and oxygen atoms in total. The van der Waals surface area contributed by atoms with Gasteiger partial charge in [-0.05, 0) is 12.5 Å². The molecule has 0 saturated carbocycles. The Bertz CT molecular complexity index is 239. The summed E-state index contributed by atoms with van der Waals surface area (Å²) in [6.45, 7) is 2.20. The summed E-state index contributed by atoms with van der Waals surface area (Å²) >= 11 is 0. The van der Waals surface area contributed by atoms with Crippen LogP contribution in [-0.2, 0) is 24.2 Å². The third-order valence-electron chi connectivity index (χ3n) is 1.23. The Morgan fingerprint density at radius 1 is 1.46 bits per heavy atom. The molecular weight excluding hydrogens is 332 g/mol. The van der Waals surface area contributed by atoms with Crippen LogP contribution in [0.25, 0.3) is 0 Å². The van der Waals surface area contributed by atoms with E-state index in [1.165, 1.54) is 0 Å². The number of esters is 1. The van der Waals surface area contributed by atoms with Crippen LogP contribution in [-0.4, -0.2) is 12.6 Å². The summed E-state index contributed by atoms with van der Waals surface area (Å²) in [4.78, 5) is 11.0. The molecule has 0 heterocycles. The third kappa shape index (κ3) is 5.37. The molecule has 0 radical (unpaired) electrons. The smallest absolute Gasteiger partial charge is 0.313 e. The maximum atomic E-state index is 11.0. The number of halogens is 1. The fourth-order valence-corrected chi connectivity index (χ4v) is 0.737. The van der Waals surface area contributed by atoms with Gasteiger partial charge in [0.2, 0.25) is 0 Å². The monoisotopic (exact) mass is 341 g/mol. The van der Waals surface area contributed by atoms with Crippen molar-refractivity contribution >= 4 is 29.9 Å². The average Bonchev–Trinajstić information content (AvgIpc) is 2.07. The first-order chi connectivity index (χ1) is 5.34. The molecule has 1 rings (SSSR count). The minimum atomic E-state index is -0.276. The first-order valence-corrected chi connectivity index (χ1v) is 3.48. The van der Waals surface area contributed by atoms with Crippen LogP contribution >= 0.6 is 24.0 Å². The normalized spacial score (nSPS) is 7.77. The van der Waals surface area contributed by atoms with Crippen LogP contribution in [0.1, 0.15) is 17.3 Å². The molecule has 0 aliphatic heterocycles. The van der Waals surface area contributed by atoms with Gasteiger partial charge in [0.15, 0.2) is 0 Å². The summed E-state index contributed by atoms with van der Waals surface area (Å²) in [6, 6.07) is 9.55. The van der Waals surface area contributed by atoms with Crippen molar-refractivity contribution in [1.29, 1.82) is 0 Å². The maximum Gasteiger partial charge on any atom is 0.313 e. The standard InChI is InChI=1S/C9H9O2.HI.Zn/c1-2-11-9(10)8-6-4-3-5-7-8;;/h4-7H,2H2,1H3;1H;/q-1;;. The van der Waals surface area contributed by atoms with Crippen molar-refractivity contribution in [3.8, 4) is 0 Å². The first kappa shape index (κ1) is 15.5. The predicted octanol–water partition coefficient (Wildman–Crippen LogP) is 2.28. The van der Waals surface area contributed by atoms with Crippen molar-refractivity contribution in [2.75, 3.05) is 6.61 Å². The molecular formula is C9H10IO2Zn-. The Balaban J connectivity index is 0. The second-order valence-corrected chi connectivity index (χ2v) is 2.01. The van der Waals surface area contributed by atoms with Gasteiger partial charge in [0.05, 0.1) is 6.61 Å².